The van der Waals surface area contributed by atoms with E-state index in [1.807, 2.05) is 0 Å². The fourth-order valence-electron chi connectivity index (χ4n) is 1.25. The number of hydrogen-bond donors (Lipinski definition) is 1. The van der Waals surface area contributed by atoms with Crippen LogP contribution in [0, 0.1) is 10.1 Å². The molecule has 1 heterocycles. The summed E-state index contributed by atoms with van der Waals surface area (Å²) < 4.78 is 29.6. The van der Waals surface area contributed by atoms with E-state index in [2.05, 4.69) is 9.72 Å². The van der Waals surface area contributed by atoms with Crippen LogP contribution in [0.3, 0.4) is 0 Å². The molecule has 0 aliphatic carbocycles. The molecule has 0 aliphatic rings. The Labute approximate surface area is 99.2 Å². The van der Waals surface area contributed by atoms with E-state index in [9.17, 15) is 28.8 Å². The van der Waals surface area contributed by atoms with Crippen LogP contribution in [0.4, 0.5) is 14.5 Å². The third-order valence-corrected chi connectivity index (χ3v) is 1.93. The molecule has 0 atom stereocenters. The summed E-state index contributed by atoms with van der Waals surface area (Å²) in [6, 6.07) is 0. The Morgan fingerprint density at radius 2 is 2.28 bits per heavy atom. The molecule has 0 fully saturated rings. The molecule has 0 aromatic carbocycles. The molecular formula is C9H8F2N2O5. The van der Waals surface area contributed by atoms with E-state index in [0.717, 1.165) is 0 Å². The molecule has 7 nitrogen and oxygen atoms in total. The number of aromatic nitrogens is 1. The Morgan fingerprint density at radius 1 is 1.67 bits per heavy atom. The molecule has 0 radical (unpaired) electrons. The summed E-state index contributed by atoms with van der Waals surface area (Å²) in [7, 11) is 0. The molecule has 18 heavy (non-hydrogen) atoms. The topological polar surface area (TPSA) is 103 Å². The van der Waals surface area contributed by atoms with Gasteiger partial charge in [-0.1, -0.05) is 0 Å². The minimum atomic E-state index is -3.25. The van der Waals surface area contributed by atoms with Crippen LogP contribution in [-0.2, 0) is 4.74 Å². The molecule has 1 rings (SSSR count). The molecule has 0 saturated heterocycles. The minimum absolute atomic E-state index is 0.123. The van der Waals surface area contributed by atoms with Crippen molar-refractivity contribution in [3.63, 3.8) is 0 Å². The number of aromatic hydroxyl groups is 1. The molecule has 1 aromatic heterocycles. The quantitative estimate of drug-likeness (QED) is 0.504. The van der Waals surface area contributed by atoms with Crippen molar-refractivity contribution >= 4 is 11.7 Å². The van der Waals surface area contributed by atoms with Gasteiger partial charge in [0.2, 0.25) is 0 Å². The van der Waals surface area contributed by atoms with Gasteiger partial charge >= 0.3 is 11.7 Å². The predicted octanol–water partition coefficient (Wildman–Crippen LogP) is 1.81. The number of halogens is 2. The van der Waals surface area contributed by atoms with Gasteiger partial charge in [-0.25, -0.2) is 18.6 Å². The summed E-state index contributed by atoms with van der Waals surface area (Å²) >= 11 is 0. The fourth-order valence-corrected chi connectivity index (χ4v) is 1.25. The van der Waals surface area contributed by atoms with Crippen molar-refractivity contribution in [2.24, 2.45) is 0 Å². The second kappa shape index (κ2) is 5.34. The monoisotopic (exact) mass is 262 g/mol. The first-order valence-corrected chi connectivity index (χ1v) is 4.71. The number of esters is 1. The highest BCUT2D eigenvalue weighted by molar-refractivity contribution is 5.97. The fraction of sp³-hybridized carbons (Fsp3) is 0.333. The van der Waals surface area contributed by atoms with Crippen molar-refractivity contribution in [2.75, 3.05) is 6.61 Å². The molecular weight excluding hydrogens is 254 g/mol. The first kappa shape index (κ1) is 13.7. The molecule has 0 spiro atoms. The number of hydrogen-bond acceptors (Lipinski definition) is 6. The Kier molecular flexibility index (Phi) is 4.08. The molecule has 0 aliphatic heterocycles. The van der Waals surface area contributed by atoms with Crippen molar-refractivity contribution in [3.8, 4) is 5.75 Å². The maximum atomic E-state index is 12.5. The molecule has 0 bridgehead atoms. The van der Waals surface area contributed by atoms with Crippen molar-refractivity contribution in [2.45, 2.75) is 13.3 Å². The van der Waals surface area contributed by atoms with Crippen LogP contribution in [0.1, 0.15) is 29.4 Å². The Hall–Kier alpha value is -2.32. The number of nitrogens with zero attached hydrogens (tertiary/aromatic N) is 2. The highest BCUT2D eigenvalue weighted by atomic mass is 19.3. The average molecular weight is 262 g/mol. The third kappa shape index (κ3) is 2.50. The summed E-state index contributed by atoms with van der Waals surface area (Å²) in [5.74, 6) is -2.14. The maximum Gasteiger partial charge on any atom is 0.349 e. The van der Waals surface area contributed by atoms with Crippen LogP contribution < -0.4 is 0 Å². The van der Waals surface area contributed by atoms with E-state index in [4.69, 9.17) is 0 Å². The average Bonchev–Trinajstić information content (AvgIpc) is 2.27. The van der Waals surface area contributed by atoms with Gasteiger partial charge in [-0.2, -0.15) is 0 Å². The van der Waals surface area contributed by atoms with Crippen LogP contribution in [0.15, 0.2) is 6.20 Å². The van der Waals surface area contributed by atoms with Gasteiger partial charge in [0.05, 0.1) is 17.7 Å². The van der Waals surface area contributed by atoms with Gasteiger partial charge in [-0.15, -0.1) is 0 Å². The smallest absolute Gasteiger partial charge is 0.349 e. The zero-order valence-corrected chi connectivity index (χ0v) is 9.09. The number of carbonyl (C=O) groups is 1. The number of alkyl halides is 2. The Balaban J connectivity index is 3.51. The lowest BCUT2D eigenvalue weighted by molar-refractivity contribution is -0.387. The summed E-state index contributed by atoms with van der Waals surface area (Å²) in [4.78, 5) is 24.0. The Morgan fingerprint density at radius 3 is 2.72 bits per heavy atom. The van der Waals surface area contributed by atoms with Crippen LogP contribution in [0.2, 0.25) is 0 Å². The number of carbonyl (C=O) groups excluding carboxylic acids is 1. The van der Waals surface area contributed by atoms with Crippen LogP contribution in [0.5, 0.6) is 5.75 Å². The van der Waals surface area contributed by atoms with Crippen molar-refractivity contribution in [1.82, 2.24) is 4.98 Å². The largest absolute Gasteiger partial charge is 0.505 e. The maximum absolute atomic E-state index is 12.5. The molecule has 98 valence electrons. The Bertz CT molecular complexity index is 492. The van der Waals surface area contributed by atoms with Crippen molar-refractivity contribution in [3.05, 3.63) is 27.6 Å². The summed E-state index contributed by atoms with van der Waals surface area (Å²) in [6.07, 6.45) is -2.71. The third-order valence-electron chi connectivity index (χ3n) is 1.93. The SMILES string of the molecule is CCOC(=O)c1c(O)cnc(C(F)F)c1[N+](=O)[O-]. The van der Waals surface area contributed by atoms with E-state index >= 15 is 0 Å². The van der Waals surface area contributed by atoms with E-state index < -0.39 is 40.0 Å². The lowest BCUT2D eigenvalue weighted by Crippen LogP contribution is -2.11. The van der Waals surface area contributed by atoms with Gasteiger partial charge in [0.15, 0.2) is 17.0 Å². The number of pyridine rings is 1. The van der Waals surface area contributed by atoms with E-state index in [1.165, 1.54) is 6.92 Å². The summed E-state index contributed by atoms with van der Waals surface area (Å²) in [5, 5.41) is 20.1. The van der Waals surface area contributed by atoms with Gasteiger partial charge in [-0.3, -0.25) is 10.1 Å². The predicted molar refractivity (Wildman–Crippen MR) is 53.5 cm³/mol. The first-order valence-electron chi connectivity index (χ1n) is 4.71. The molecule has 0 unspecified atom stereocenters. The van der Waals surface area contributed by atoms with Crippen molar-refractivity contribution < 1.29 is 28.3 Å². The lowest BCUT2D eigenvalue weighted by atomic mass is 10.1. The standard InChI is InChI=1S/C9H8F2N2O5/c1-2-18-9(15)5-4(14)3-12-6(8(10)11)7(5)13(16)17/h3,8,14H,2H2,1H3. The summed E-state index contributed by atoms with van der Waals surface area (Å²) in [5.41, 5.74) is -3.36. The second-order valence-electron chi connectivity index (χ2n) is 3.03. The molecule has 0 saturated carbocycles. The highest BCUT2D eigenvalue weighted by Gasteiger charge is 2.34. The van der Waals surface area contributed by atoms with E-state index in [0.29, 0.717) is 6.20 Å². The van der Waals surface area contributed by atoms with Gasteiger partial charge < -0.3 is 9.84 Å². The van der Waals surface area contributed by atoms with Gasteiger partial charge in [0.1, 0.15) is 0 Å². The number of ether oxygens (including phenoxy) is 1. The minimum Gasteiger partial charge on any atom is -0.505 e. The van der Waals surface area contributed by atoms with E-state index in [-0.39, 0.29) is 6.61 Å². The molecule has 1 N–H and O–H groups in total. The normalized spacial score (nSPS) is 10.4. The summed E-state index contributed by atoms with van der Waals surface area (Å²) in [6.45, 7) is 1.30. The molecule has 9 heteroatoms. The lowest BCUT2D eigenvalue weighted by Gasteiger charge is -2.07. The number of nitro groups is 1. The van der Waals surface area contributed by atoms with Crippen LogP contribution in [-0.4, -0.2) is 27.6 Å². The zero-order chi connectivity index (χ0) is 13.9. The zero-order valence-electron chi connectivity index (χ0n) is 9.09. The second-order valence-corrected chi connectivity index (χ2v) is 3.03. The van der Waals surface area contributed by atoms with Gasteiger partial charge in [0, 0.05) is 0 Å². The molecule has 0 amide bonds. The van der Waals surface area contributed by atoms with Gasteiger partial charge in [-0.05, 0) is 6.92 Å². The van der Waals surface area contributed by atoms with Crippen LogP contribution in [0.25, 0.3) is 0 Å². The first-order chi connectivity index (χ1) is 8.40. The van der Waals surface area contributed by atoms with Crippen molar-refractivity contribution in [1.29, 1.82) is 0 Å². The number of rotatable bonds is 4. The molecule has 1 aromatic rings. The highest BCUT2D eigenvalue weighted by Crippen LogP contribution is 2.35. The van der Waals surface area contributed by atoms with Gasteiger partial charge in [0.25, 0.3) is 6.43 Å². The van der Waals surface area contributed by atoms with Crippen LogP contribution >= 0.6 is 0 Å². The van der Waals surface area contributed by atoms with E-state index in [1.54, 1.807) is 0 Å².